The molecule has 1 aliphatic heterocycles. The fourth-order valence-electron chi connectivity index (χ4n) is 3.16. The number of allylic oxidation sites excluding steroid dienone is 4. The van der Waals surface area contributed by atoms with Gasteiger partial charge in [0.2, 0.25) is 0 Å². The molecule has 0 N–H and O–H groups in total. The first kappa shape index (κ1) is 13.8. The molecular formula is C16H26FN. The summed E-state index contributed by atoms with van der Waals surface area (Å²) in [5, 5.41) is 0. The van der Waals surface area contributed by atoms with E-state index in [9.17, 15) is 4.39 Å². The van der Waals surface area contributed by atoms with Gasteiger partial charge in [-0.3, -0.25) is 0 Å². The Kier molecular flexibility index (Phi) is 4.99. The van der Waals surface area contributed by atoms with Crippen LogP contribution in [0.5, 0.6) is 0 Å². The Morgan fingerprint density at radius 1 is 1.33 bits per heavy atom. The lowest BCUT2D eigenvalue weighted by Gasteiger charge is -2.35. The highest BCUT2D eigenvalue weighted by Gasteiger charge is 2.25. The van der Waals surface area contributed by atoms with Gasteiger partial charge < -0.3 is 4.90 Å². The summed E-state index contributed by atoms with van der Waals surface area (Å²) in [5.74, 6) is 2.18. The molecule has 0 aromatic heterocycles. The van der Waals surface area contributed by atoms with E-state index in [0.29, 0.717) is 12.5 Å². The van der Waals surface area contributed by atoms with E-state index in [1.165, 1.54) is 24.8 Å². The van der Waals surface area contributed by atoms with Crippen molar-refractivity contribution in [3.63, 3.8) is 0 Å². The maximum atomic E-state index is 12.3. The zero-order valence-electron chi connectivity index (χ0n) is 11.7. The van der Waals surface area contributed by atoms with E-state index in [1.54, 1.807) is 0 Å². The van der Waals surface area contributed by atoms with E-state index in [-0.39, 0.29) is 6.67 Å². The normalized spacial score (nSPS) is 26.7. The van der Waals surface area contributed by atoms with E-state index in [2.05, 4.69) is 37.0 Å². The topological polar surface area (TPSA) is 3.24 Å². The molecule has 0 aromatic rings. The summed E-state index contributed by atoms with van der Waals surface area (Å²) in [5.41, 5.74) is 1.49. The van der Waals surface area contributed by atoms with Crippen molar-refractivity contribution >= 4 is 0 Å². The van der Waals surface area contributed by atoms with E-state index < -0.39 is 0 Å². The van der Waals surface area contributed by atoms with Gasteiger partial charge in [0.05, 0.1) is 0 Å². The lowest BCUT2D eigenvalue weighted by Crippen LogP contribution is -2.37. The second-order valence-electron chi connectivity index (χ2n) is 5.99. The quantitative estimate of drug-likeness (QED) is 0.734. The molecule has 1 atom stereocenters. The number of likely N-dealkylation sites (tertiary alicyclic amines) is 1. The first-order valence-corrected chi connectivity index (χ1v) is 7.37. The van der Waals surface area contributed by atoms with Crippen LogP contribution in [0, 0.1) is 17.8 Å². The summed E-state index contributed by atoms with van der Waals surface area (Å²) in [4.78, 5) is 2.26. The largest absolute Gasteiger partial charge is 0.301 e. The average Bonchev–Trinajstić information content (AvgIpc) is 2.40. The summed E-state index contributed by atoms with van der Waals surface area (Å²) in [6.45, 7) is 7.11. The molecular weight excluding hydrogens is 225 g/mol. The molecule has 1 heterocycles. The molecule has 0 amide bonds. The van der Waals surface area contributed by atoms with Crippen LogP contribution in [-0.2, 0) is 0 Å². The predicted octanol–water partition coefficient (Wildman–Crippen LogP) is 3.83. The Balaban J connectivity index is 1.80. The number of rotatable bonds is 4. The van der Waals surface area contributed by atoms with Crippen LogP contribution in [0.1, 0.15) is 33.1 Å². The van der Waals surface area contributed by atoms with E-state index in [0.717, 1.165) is 24.9 Å². The summed E-state index contributed by atoms with van der Waals surface area (Å²) in [6.07, 6.45) is 10.8. The van der Waals surface area contributed by atoms with Gasteiger partial charge in [-0.1, -0.05) is 32.1 Å². The van der Waals surface area contributed by atoms with Gasteiger partial charge in [0.15, 0.2) is 0 Å². The molecule has 0 saturated carbocycles. The van der Waals surface area contributed by atoms with Crippen LogP contribution >= 0.6 is 0 Å². The standard InChI is InChI=1S/C16H26FN/c1-13(2)14-3-5-15(6-4-14)16-7-10-18(11-8-16)12-9-17/h3-5,13,15-16H,6-12H2,1-2H3. The average molecular weight is 251 g/mol. The van der Waals surface area contributed by atoms with E-state index >= 15 is 0 Å². The van der Waals surface area contributed by atoms with Crippen LogP contribution in [0.25, 0.3) is 0 Å². The van der Waals surface area contributed by atoms with Crippen LogP contribution in [0.3, 0.4) is 0 Å². The van der Waals surface area contributed by atoms with Crippen molar-refractivity contribution in [1.82, 2.24) is 4.90 Å². The number of nitrogens with zero attached hydrogens (tertiary/aromatic N) is 1. The SMILES string of the molecule is CC(C)C1=CCC(C2CCN(CCF)CC2)C=C1. The molecule has 2 aliphatic rings. The van der Waals surface area contributed by atoms with Gasteiger partial charge >= 0.3 is 0 Å². The van der Waals surface area contributed by atoms with E-state index in [4.69, 9.17) is 0 Å². The summed E-state index contributed by atoms with van der Waals surface area (Å²) < 4.78 is 12.3. The second kappa shape index (κ2) is 6.51. The van der Waals surface area contributed by atoms with Crippen LogP contribution in [0.15, 0.2) is 23.8 Å². The molecule has 2 heteroatoms. The van der Waals surface area contributed by atoms with Crippen molar-refractivity contribution in [2.75, 3.05) is 26.3 Å². The molecule has 1 nitrogen and oxygen atoms in total. The zero-order chi connectivity index (χ0) is 13.0. The smallest absolute Gasteiger partial charge is 0.102 e. The lowest BCUT2D eigenvalue weighted by molar-refractivity contribution is 0.152. The highest BCUT2D eigenvalue weighted by Crippen LogP contribution is 2.32. The molecule has 0 spiro atoms. The Hall–Kier alpha value is -0.630. The van der Waals surface area contributed by atoms with Gasteiger partial charge in [0.25, 0.3) is 0 Å². The number of piperidine rings is 1. The van der Waals surface area contributed by atoms with Crippen LogP contribution in [0.2, 0.25) is 0 Å². The fraction of sp³-hybridized carbons (Fsp3) is 0.750. The third-order valence-electron chi connectivity index (χ3n) is 4.47. The van der Waals surface area contributed by atoms with Crippen molar-refractivity contribution in [3.05, 3.63) is 23.8 Å². The molecule has 1 saturated heterocycles. The molecule has 0 bridgehead atoms. The highest BCUT2D eigenvalue weighted by molar-refractivity contribution is 5.25. The monoisotopic (exact) mass is 251 g/mol. The van der Waals surface area contributed by atoms with Gasteiger partial charge in [-0.15, -0.1) is 0 Å². The first-order valence-electron chi connectivity index (χ1n) is 7.37. The Bertz CT molecular complexity index is 311. The van der Waals surface area contributed by atoms with Crippen LogP contribution < -0.4 is 0 Å². The minimum absolute atomic E-state index is 0.200. The maximum Gasteiger partial charge on any atom is 0.102 e. The molecule has 2 rings (SSSR count). The van der Waals surface area contributed by atoms with E-state index in [1.807, 2.05) is 0 Å². The van der Waals surface area contributed by atoms with Gasteiger partial charge in [-0.2, -0.15) is 0 Å². The second-order valence-corrected chi connectivity index (χ2v) is 5.99. The molecule has 1 unspecified atom stereocenters. The van der Waals surface area contributed by atoms with Crippen molar-refractivity contribution in [1.29, 1.82) is 0 Å². The molecule has 18 heavy (non-hydrogen) atoms. The molecule has 0 radical (unpaired) electrons. The van der Waals surface area contributed by atoms with Crippen molar-refractivity contribution in [2.24, 2.45) is 17.8 Å². The van der Waals surface area contributed by atoms with Crippen molar-refractivity contribution in [2.45, 2.75) is 33.1 Å². The van der Waals surface area contributed by atoms with Gasteiger partial charge in [0, 0.05) is 6.54 Å². The van der Waals surface area contributed by atoms with Gasteiger partial charge in [-0.05, 0) is 55.7 Å². The summed E-state index contributed by atoms with van der Waals surface area (Å²) >= 11 is 0. The summed E-state index contributed by atoms with van der Waals surface area (Å²) in [6, 6.07) is 0. The zero-order valence-corrected chi connectivity index (χ0v) is 11.7. The van der Waals surface area contributed by atoms with Crippen molar-refractivity contribution in [3.8, 4) is 0 Å². The molecule has 1 fully saturated rings. The van der Waals surface area contributed by atoms with Crippen molar-refractivity contribution < 1.29 is 4.39 Å². The Labute approximate surface area is 111 Å². The summed E-state index contributed by atoms with van der Waals surface area (Å²) in [7, 11) is 0. The maximum absolute atomic E-state index is 12.3. The molecule has 102 valence electrons. The molecule has 0 aromatic carbocycles. The van der Waals surface area contributed by atoms with Gasteiger partial charge in [0.1, 0.15) is 6.67 Å². The van der Waals surface area contributed by atoms with Crippen LogP contribution in [0.4, 0.5) is 4.39 Å². The Morgan fingerprint density at radius 3 is 2.56 bits per heavy atom. The third-order valence-corrected chi connectivity index (χ3v) is 4.47. The number of hydrogen-bond acceptors (Lipinski definition) is 1. The predicted molar refractivity (Wildman–Crippen MR) is 75.3 cm³/mol. The number of halogens is 1. The third kappa shape index (κ3) is 3.44. The highest BCUT2D eigenvalue weighted by atomic mass is 19.1. The minimum Gasteiger partial charge on any atom is -0.301 e. The van der Waals surface area contributed by atoms with Gasteiger partial charge in [-0.25, -0.2) is 4.39 Å². The van der Waals surface area contributed by atoms with Crippen LogP contribution in [-0.4, -0.2) is 31.2 Å². The minimum atomic E-state index is -0.200. The number of alkyl halides is 1. The Morgan fingerprint density at radius 2 is 2.06 bits per heavy atom. The first-order chi connectivity index (χ1) is 8.70. The number of hydrogen-bond donors (Lipinski definition) is 0. The fourth-order valence-corrected chi connectivity index (χ4v) is 3.16. The molecule has 1 aliphatic carbocycles. The lowest BCUT2D eigenvalue weighted by atomic mass is 9.79.